The second-order valence-corrected chi connectivity index (χ2v) is 13.8. The first-order valence-electron chi connectivity index (χ1n) is 18.2. The van der Waals surface area contributed by atoms with Crippen molar-refractivity contribution in [1.29, 1.82) is 15.8 Å². The summed E-state index contributed by atoms with van der Waals surface area (Å²) in [6.07, 6.45) is 3.83. The van der Waals surface area contributed by atoms with Crippen LogP contribution in [0.3, 0.4) is 0 Å². The van der Waals surface area contributed by atoms with Crippen LogP contribution in [0.4, 0.5) is 0 Å². The van der Waals surface area contributed by atoms with Gasteiger partial charge >= 0.3 is 0 Å². The summed E-state index contributed by atoms with van der Waals surface area (Å²) in [6, 6.07) is 59.8. The van der Waals surface area contributed by atoms with E-state index in [-0.39, 0.29) is 0 Å². The minimum absolute atomic E-state index is 0.556. The van der Waals surface area contributed by atoms with Crippen molar-refractivity contribution in [2.45, 2.75) is 0 Å². The van der Waals surface area contributed by atoms with Crippen molar-refractivity contribution in [3.05, 3.63) is 187 Å². The Labute approximate surface area is 322 Å². The van der Waals surface area contributed by atoms with Crippen molar-refractivity contribution in [2.24, 2.45) is 0 Å². The van der Waals surface area contributed by atoms with Gasteiger partial charge in [0.05, 0.1) is 80.7 Å². The third-order valence-electron chi connectivity index (χ3n) is 10.7. The molecule has 0 fully saturated rings. The predicted molar refractivity (Wildman–Crippen MR) is 223 cm³/mol. The Bertz CT molecular complexity index is 3170. The zero-order valence-electron chi connectivity index (χ0n) is 29.8. The predicted octanol–water partition coefficient (Wildman–Crippen LogP) is 11.9. The first-order valence-corrected chi connectivity index (χ1v) is 18.2. The molecule has 7 aromatic carbocycles. The molecule has 10 aromatic rings. The van der Waals surface area contributed by atoms with E-state index >= 15 is 0 Å². The van der Waals surface area contributed by atoms with Crippen molar-refractivity contribution in [3.63, 3.8) is 0 Å². The standard InChI is InChI=1S/C50H28N6/c51-27-32-8-5-11-35(22-32)37-18-20-42-40-14-1-3-16-44(40)55(46(42)25-37)48-30-54-31-49(50(48)39-13-7-10-34(24-39)29-53)56-45-17-4-2-15-41(45)43-21-19-38(26-47(43)56)36-12-6-9-33(23-36)28-52/h1-26,30-31H. The smallest absolute Gasteiger partial charge is 0.0991 e. The lowest BCUT2D eigenvalue weighted by molar-refractivity contribution is 1.09. The molecule has 258 valence electrons. The summed E-state index contributed by atoms with van der Waals surface area (Å²) in [6.45, 7) is 0. The van der Waals surface area contributed by atoms with Crippen molar-refractivity contribution in [1.82, 2.24) is 14.1 Å². The van der Waals surface area contributed by atoms with Crippen LogP contribution in [-0.2, 0) is 0 Å². The highest BCUT2D eigenvalue weighted by Crippen LogP contribution is 2.43. The highest BCUT2D eigenvalue weighted by atomic mass is 15.0. The third-order valence-corrected chi connectivity index (χ3v) is 10.7. The molecule has 0 N–H and O–H groups in total. The average molecular weight is 713 g/mol. The van der Waals surface area contributed by atoms with Crippen LogP contribution in [0.1, 0.15) is 16.7 Å². The minimum atomic E-state index is 0.556. The molecule has 10 rings (SSSR count). The van der Waals surface area contributed by atoms with Gasteiger partial charge in [-0.25, -0.2) is 0 Å². The molecule has 0 atom stereocenters. The lowest BCUT2D eigenvalue weighted by Crippen LogP contribution is -2.05. The molecule has 56 heavy (non-hydrogen) atoms. The normalized spacial score (nSPS) is 11.2. The van der Waals surface area contributed by atoms with E-state index in [0.717, 1.165) is 88.4 Å². The van der Waals surface area contributed by atoms with Crippen LogP contribution in [0.15, 0.2) is 170 Å². The first kappa shape index (κ1) is 32.4. The average Bonchev–Trinajstić information content (AvgIpc) is 3.78. The Kier molecular flexibility index (Phi) is 7.53. The van der Waals surface area contributed by atoms with Crippen molar-refractivity contribution in [3.8, 4) is 63.0 Å². The molecular weight excluding hydrogens is 685 g/mol. The molecule has 6 heteroatoms. The first-order chi connectivity index (χ1) is 27.6. The van der Waals surface area contributed by atoms with E-state index in [2.05, 4.69) is 118 Å². The zero-order chi connectivity index (χ0) is 37.8. The fraction of sp³-hybridized carbons (Fsp3) is 0. The number of hydrogen-bond donors (Lipinski definition) is 0. The van der Waals surface area contributed by atoms with Gasteiger partial charge in [0.25, 0.3) is 0 Å². The van der Waals surface area contributed by atoms with Gasteiger partial charge in [-0.05, 0) is 88.5 Å². The number of rotatable bonds is 5. The van der Waals surface area contributed by atoms with Gasteiger partial charge in [0, 0.05) is 27.1 Å². The van der Waals surface area contributed by atoms with E-state index in [9.17, 15) is 15.8 Å². The number of para-hydroxylation sites is 2. The molecule has 0 bridgehead atoms. The topological polar surface area (TPSA) is 94.1 Å². The van der Waals surface area contributed by atoms with E-state index < -0.39 is 0 Å². The molecule has 3 aromatic heterocycles. The molecule has 0 aliphatic carbocycles. The van der Waals surface area contributed by atoms with Crippen LogP contribution >= 0.6 is 0 Å². The van der Waals surface area contributed by atoms with Gasteiger partial charge in [-0.2, -0.15) is 15.8 Å². The number of pyridine rings is 1. The minimum Gasteiger partial charge on any atom is -0.307 e. The number of nitriles is 3. The maximum Gasteiger partial charge on any atom is 0.0991 e. The molecule has 0 aliphatic heterocycles. The molecule has 0 spiro atoms. The fourth-order valence-corrected chi connectivity index (χ4v) is 8.17. The second kappa shape index (κ2) is 13.0. The Morgan fingerprint density at radius 3 is 1.21 bits per heavy atom. The van der Waals surface area contributed by atoms with E-state index in [1.807, 2.05) is 79.1 Å². The maximum atomic E-state index is 10.1. The van der Waals surface area contributed by atoms with E-state index in [1.165, 1.54) is 0 Å². The van der Waals surface area contributed by atoms with Crippen molar-refractivity contribution >= 4 is 43.6 Å². The van der Waals surface area contributed by atoms with Crippen molar-refractivity contribution in [2.75, 3.05) is 0 Å². The third kappa shape index (κ3) is 5.12. The number of fused-ring (bicyclic) bond motifs is 6. The molecule has 6 nitrogen and oxygen atoms in total. The van der Waals surface area contributed by atoms with Gasteiger partial charge in [-0.1, -0.05) is 97.1 Å². The van der Waals surface area contributed by atoms with Crippen molar-refractivity contribution < 1.29 is 0 Å². The Hall–Kier alpha value is -8.24. The van der Waals surface area contributed by atoms with Gasteiger partial charge in [0.15, 0.2) is 0 Å². The van der Waals surface area contributed by atoms with Gasteiger partial charge < -0.3 is 9.13 Å². The fourth-order valence-electron chi connectivity index (χ4n) is 8.17. The SMILES string of the molecule is N#Cc1cccc(-c2ccc3c4ccccc4n(-c4cncc(-n5c6ccccc6c6ccc(-c7cccc(C#N)c7)cc65)c4-c4cccc(C#N)c4)c3c2)c1. The largest absolute Gasteiger partial charge is 0.307 e. The summed E-state index contributed by atoms with van der Waals surface area (Å²) in [4.78, 5) is 4.98. The van der Waals surface area contributed by atoms with Gasteiger partial charge in [0.2, 0.25) is 0 Å². The number of hydrogen-bond acceptors (Lipinski definition) is 4. The molecule has 0 unspecified atom stereocenters. The van der Waals surface area contributed by atoms with Crippen LogP contribution in [0.5, 0.6) is 0 Å². The maximum absolute atomic E-state index is 10.1. The molecule has 0 amide bonds. The summed E-state index contributed by atoms with van der Waals surface area (Å²) in [5.41, 5.74) is 13.2. The summed E-state index contributed by atoms with van der Waals surface area (Å²) in [5.74, 6) is 0. The number of nitrogens with zero attached hydrogens (tertiary/aromatic N) is 6. The molecule has 0 saturated heterocycles. The van der Waals surface area contributed by atoms with Crippen LogP contribution in [0.25, 0.3) is 88.4 Å². The lowest BCUT2D eigenvalue weighted by Gasteiger charge is -2.20. The Balaban J connectivity index is 1.32. The summed E-state index contributed by atoms with van der Waals surface area (Å²) in [7, 11) is 0. The number of benzene rings is 7. The molecule has 0 aliphatic rings. The van der Waals surface area contributed by atoms with E-state index in [1.54, 1.807) is 0 Å². The molecule has 0 radical (unpaired) electrons. The van der Waals surface area contributed by atoms with Crippen LogP contribution in [-0.4, -0.2) is 14.1 Å². The molecule has 0 saturated carbocycles. The van der Waals surface area contributed by atoms with Crippen LogP contribution in [0, 0.1) is 34.0 Å². The zero-order valence-corrected chi connectivity index (χ0v) is 29.8. The Morgan fingerprint density at radius 2 is 0.750 bits per heavy atom. The van der Waals surface area contributed by atoms with E-state index in [0.29, 0.717) is 16.7 Å². The highest BCUT2D eigenvalue weighted by Gasteiger charge is 2.23. The van der Waals surface area contributed by atoms with Gasteiger partial charge in [-0.15, -0.1) is 0 Å². The highest BCUT2D eigenvalue weighted by molar-refractivity contribution is 6.13. The molecular formula is C50H28N6. The van der Waals surface area contributed by atoms with Crippen LogP contribution < -0.4 is 0 Å². The summed E-state index contributed by atoms with van der Waals surface area (Å²) >= 11 is 0. The number of aromatic nitrogens is 3. The Morgan fingerprint density at radius 1 is 0.357 bits per heavy atom. The van der Waals surface area contributed by atoms with Crippen LogP contribution in [0.2, 0.25) is 0 Å². The van der Waals surface area contributed by atoms with Gasteiger partial charge in [-0.3, -0.25) is 4.98 Å². The van der Waals surface area contributed by atoms with E-state index in [4.69, 9.17) is 4.98 Å². The summed E-state index contributed by atoms with van der Waals surface area (Å²) in [5, 5.41) is 33.9. The summed E-state index contributed by atoms with van der Waals surface area (Å²) < 4.78 is 4.56. The second-order valence-electron chi connectivity index (χ2n) is 13.8. The monoisotopic (exact) mass is 712 g/mol. The van der Waals surface area contributed by atoms with Gasteiger partial charge in [0.1, 0.15) is 0 Å². The lowest BCUT2D eigenvalue weighted by atomic mass is 10.00. The molecule has 3 heterocycles. The quantitative estimate of drug-likeness (QED) is 0.177.